The number of fused-ring (bicyclic) bond motifs is 1. The van der Waals surface area contributed by atoms with Crippen molar-refractivity contribution in [3.05, 3.63) is 64.8 Å². The number of aromatic nitrogens is 5. The predicted molar refractivity (Wildman–Crippen MR) is 101 cm³/mol. The summed E-state index contributed by atoms with van der Waals surface area (Å²) >= 11 is 3.39. The zero-order valence-electron chi connectivity index (χ0n) is 13.7. The van der Waals surface area contributed by atoms with E-state index in [0.29, 0.717) is 0 Å². The summed E-state index contributed by atoms with van der Waals surface area (Å²) in [6, 6.07) is 9.67. The number of anilines is 2. The molecule has 0 aliphatic heterocycles. The van der Waals surface area contributed by atoms with E-state index in [1.807, 2.05) is 34.9 Å². The molecular weight excluding hydrogens is 380 g/mol. The van der Waals surface area contributed by atoms with Gasteiger partial charge in [-0.25, -0.2) is 19.9 Å². The first kappa shape index (κ1) is 15.7. The first-order chi connectivity index (χ1) is 12.1. The Kier molecular flexibility index (Phi) is 3.93. The van der Waals surface area contributed by atoms with Gasteiger partial charge < -0.3 is 5.32 Å². The third-order valence-electron chi connectivity index (χ3n) is 4.14. The standard InChI is InChI=1S/C18H15BrN6/c1-11-12(2)25(15-5-3-4-8-20-15)18-16(11)17(22-10-23-18)24-14-7-6-13(19)9-21-14/h3-10H,1-2H3,(H,21,22,23,24). The number of nitrogens with one attached hydrogen (secondary N) is 1. The molecule has 25 heavy (non-hydrogen) atoms. The quantitative estimate of drug-likeness (QED) is 0.559. The molecule has 1 N–H and O–H groups in total. The highest BCUT2D eigenvalue weighted by Gasteiger charge is 2.18. The summed E-state index contributed by atoms with van der Waals surface area (Å²) in [4.78, 5) is 17.7. The highest BCUT2D eigenvalue weighted by atomic mass is 79.9. The average molecular weight is 395 g/mol. The Bertz CT molecular complexity index is 1040. The molecule has 0 amide bonds. The Hall–Kier alpha value is -2.80. The van der Waals surface area contributed by atoms with Gasteiger partial charge in [0.25, 0.3) is 0 Å². The van der Waals surface area contributed by atoms with Crippen molar-refractivity contribution < 1.29 is 0 Å². The van der Waals surface area contributed by atoms with Crippen molar-refractivity contribution in [1.29, 1.82) is 0 Å². The molecule has 0 radical (unpaired) electrons. The fraction of sp³-hybridized carbons (Fsp3) is 0.111. The van der Waals surface area contributed by atoms with Crippen LogP contribution >= 0.6 is 15.9 Å². The highest BCUT2D eigenvalue weighted by molar-refractivity contribution is 9.10. The van der Waals surface area contributed by atoms with Crippen LogP contribution in [0, 0.1) is 13.8 Å². The Morgan fingerprint density at radius 3 is 2.60 bits per heavy atom. The molecule has 0 aromatic carbocycles. The van der Waals surface area contributed by atoms with Crippen LogP contribution in [0.15, 0.2) is 53.5 Å². The van der Waals surface area contributed by atoms with Crippen molar-refractivity contribution >= 4 is 38.6 Å². The van der Waals surface area contributed by atoms with Crippen molar-refractivity contribution in [3.63, 3.8) is 0 Å². The third-order valence-corrected chi connectivity index (χ3v) is 4.61. The van der Waals surface area contributed by atoms with Gasteiger partial charge in [0.05, 0.1) is 5.39 Å². The molecule has 0 fully saturated rings. The molecule has 0 atom stereocenters. The number of halogens is 1. The molecule has 0 bridgehead atoms. The van der Waals surface area contributed by atoms with Gasteiger partial charge >= 0.3 is 0 Å². The van der Waals surface area contributed by atoms with E-state index in [0.717, 1.165) is 44.2 Å². The molecule has 124 valence electrons. The fourth-order valence-corrected chi connectivity index (χ4v) is 3.07. The second-order valence-electron chi connectivity index (χ2n) is 5.64. The first-order valence-electron chi connectivity index (χ1n) is 7.78. The summed E-state index contributed by atoms with van der Waals surface area (Å²) in [7, 11) is 0. The Balaban J connectivity index is 1.89. The second-order valence-corrected chi connectivity index (χ2v) is 6.56. The summed E-state index contributed by atoms with van der Waals surface area (Å²) in [6.07, 6.45) is 5.09. The van der Waals surface area contributed by atoms with Gasteiger partial charge in [-0.15, -0.1) is 0 Å². The van der Waals surface area contributed by atoms with E-state index >= 15 is 0 Å². The molecule has 0 aliphatic carbocycles. The van der Waals surface area contributed by atoms with E-state index in [4.69, 9.17) is 0 Å². The minimum absolute atomic E-state index is 0.728. The lowest BCUT2D eigenvalue weighted by Crippen LogP contribution is -2.01. The normalized spacial score (nSPS) is 11.0. The lowest BCUT2D eigenvalue weighted by atomic mass is 10.2. The van der Waals surface area contributed by atoms with Gasteiger partial charge in [-0.1, -0.05) is 6.07 Å². The topological polar surface area (TPSA) is 68.5 Å². The van der Waals surface area contributed by atoms with Crippen molar-refractivity contribution in [3.8, 4) is 5.82 Å². The molecule has 4 aromatic rings. The predicted octanol–water partition coefficient (Wildman–Crippen LogP) is 4.33. The Morgan fingerprint density at radius 1 is 1.00 bits per heavy atom. The van der Waals surface area contributed by atoms with Gasteiger partial charge in [-0.05, 0) is 59.6 Å². The van der Waals surface area contributed by atoms with E-state index in [2.05, 4.69) is 55.0 Å². The Morgan fingerprint density at radius 2 is 1.88 bits per heavy atom. The molecular formula is C18H15BrN6. The maximum absolute atomic E-state index is 4.50. The fourth-order valence-electron chi connectivity index (χ4n) is 2.83. The van der Waals surface area contributed by atoms with Gasteiger partial charge in [-0.3, -0.25) is 4.57 Å². The van der Waals surface area contributed by atoms with Crippen LogP contribution in [-0.2, 0) is 0 Å². The van der Waals surface area contributed by atoms with Crippen LogP contribution in [0.1, 0.15) is 11.3 Å². The maximum Gasteiger partial charge on any atom is 0.151 e. The van der Waals surface area contributed by atoms with E-state index in [1.54, 1.807) is 18.7 Å². The van der Waals surface area contributed by atoms with Gasteiger partial charge in [0.2, 0.25) is 0 Å². The van der Waals surface area contributed by atoms with Crippen molar-refractivity contribution in [2.24, 2.45) is 0 Å². The number of rotatable bonds is 3. The zero-order valence-corrected chi connectivity index (χ0v) is 15.3. The summed E-state index contributed by atoms with van der Waals surface area (Å²) in [6.45, 7) is 4.13. The number of nitrogens with zero attached hydrogens (tertiary/aromatic N) is 5. The number of hydrogen-bond donors (Lipinski definition) is 1. The summed E-state index contributed by atoms with van der Waals surface area (Å²) in [5, 5.41) is 4.26. The molecule has 4 rings (SSSR count). The second kappa shape index (κ2) is 6.25. The summed E-state index contributed by atoms with van der Waals surface area (Å²) in [5.74, 6) is 2.30. The van der Waals surface area contributed by atoms with Gasteiger partial charge in [0.1, 0.15) is 23.8 Å². The Labute approximate surface area is 153 Å². The van der Waals surface area contributed by atoms with Gasteiger partial charge in [0, 0.05) is 22.6 Å². The smallest absolute Gasteiger partial charge is 0.151 e. The van der Waals surface area contributed by atoms with E-state index in [9.17, 15) is 0 Å². The average Bonchev–Trinajstić information content (AvgIpc) is 2.89. The lowest BCUT2D eigenvalue weighted by molar-refractivity contribution is 0.966. The third kappa shape index (κ3) is 2.76. The zero-order chi connectivity index (χ0) is 17.4. The number of aryl methyl sites for hydroxylation is 1. The van der Waals surface area contributed by atoms with E-state index in [1.165, 1.54) is 0 Å². The molecule has 0 saturated carbocycles. The molecule has 0 saturated heterocycles. The van der Waals surface area contributed by atoms with Crippen LogP contribution in [-0.4, -0.2) is 24.5 Å². The van der Waals surface area contributed by atoms with Crippen LogP contribution in [0.25, 0.3) is 16.9 Å². The van der Waals surface area contributed by atoms with Crippen LogP contribution in [0.4, 0.5) is 11.6 Å². The molecule has 6 nitrogen and oxygen atoms in total. The number of hydrogen-bond acceptors (Lipinski definition) is 5. The monoisotopic (exact) mass is 394 g/mol. The lowest BCUT2D eigenvalue weighted by Gasteiger charge is -2.07. The SMILES string of the molecule is Cc1c(C)n(-c2ccccn2)c2ncnc(Nc3ccc(Br)cn3)c12. The van der Waals surface area contributed by atoms with Crippen molar-refractivity contribution in [2.45, 2.75) is 13.8 Å². The van der Waals surface area contributed by atoms with Gasteiger partial charge in [0.15, 0.2) is 5.65 Å². The first-order valence-corrected chi connectivity index (χ1v) is 8.57. The van der Waals surface area contributed by atoms with Crippen molar-refractivity contribution in [2.75, 3.05) is 5.32 Å². The van der Waals surface area contributed by atoms with Crippen LogP contribution in [0.2, 0.25) is 0 Å². The van der Waals surface area contributed by atoms with Crippen LogP contribution < -0.4 is 5.32 Å². The highest BCUT2D eigenvalue weighted by Crippen LogP contribution is 2.31. The maximum atomic E-state index is 4.50. The summed E-state index contributed by atoms with van der Waals surface area (Å²) in [5.41, 5.74) is 3.02. The minimum atomic E-state index is 0.728. The minimum Gasteiger partial charge on any atom is -0.324 e. The molecule has 0 spiro atoms. The molecule has 4 heterocycles. The number of pyridine rings is 2. The van der Waals surface area contributed by atoms with Crippen molar-refractivity contribution in [1.82, 2.24) is 24.5 Å². The van der Waals surface area contributed by atoms with Crippen LogP contribution in [0.5, 0.6) is 0 Å². The molecule has 4 aromatic heterocycles. The largest absolute Gasteiger partial charge is 0.324 e. The van der Waals surface area contributed by atoms with Crippen LogP contribution in [0.3, 0.4) is 0 Å². The molecule has 0 unspecified atom stereocenters. The van der Waals surface area contributed by atoms with Gasteiger partial charge in [-0.2, -0.15) is 0 Å². The molecule has 7 heteroatoms. The van der Waals surface area contributed by atoms with E-state index < -0.39 is 0 Å². The molecule has 0 aliphatic rings. The van der Waals surface area contributed by atoms with E-state index in [-0.39, 0.29) is 0 Å². The summed E-state index contributed by atoms with van der Waals surface area (Å²) < 4.78 is 2.98.